The Morgan fingerprint density at radius 2 is 1.83 bits per heavy atom. The van der Waals surface area contributed by atoms with E-state index < -0.39 is 12.1 Å². The van der Waals surface area contributed by atoms with Crippen molar-refractivity contribution in [1.29, 1.82) is 0 Å². The minimum absolute atomic E-state index is 0.0692. The van der Waals surface area contributed by atoms with Crippen molar-refractivity contribution in [2.45, 2.75) is 25.9 Å². The number of nitrogens with zero attached hydrogens (tertiary/aromatic N) is 2. The first kappa shape index (κ1) is 16.5. The van der Waals surface area contributed by atoms with Crippen LogP contribution in [0.3, 0.4) is 0 Å². The van der Waals surface area contributed by atoms with Crippen molar-refractivity contribution in [2.75, 3.05) is 13.1 Å². The summed E-state index contributed by atoms with van der Waals surface area (Å²) in [4.78, 5) is 14.2. The van der Waals surface area contributed by atoms with E-state index in [0.717, 1.165) is 0 Å². The maximum atomic E-state index is 12.8. The highest BCUT2D eigenvalue weighted by Crippen LogP contribution is 2.35. The number of piperidine rings is 1. The van der Waals surface area contributed by atoms with Crippen molar-refractivity contribution in [3.63, 3.8) is 0 Å². The predicted octanol–water partition coefficient (Wildman–Crippen LogP) is 4.06. The number of alkyl halides is 3. The van der Waals surface area contributed by atoms with E-state index in [1.165, 1.54) is 4.90 Å². The van der Waals surface area contributed by atoms with E-state index in [-0.39, 0.29) is 31.8 Å². The third-order valence-corrected chi connectivity index (χ3v) is 4.36. The summed E-state index contributed by atoms with van der Waals surface area (Å²) >= 11 is 0. The molecule has 1 aromatic heterocycles. The lowest BCUT2D eigenvalue weighted by Gasteiger charge is -2.32. The molecule has 1 fully saturated rings. The molecule has 7 heteroatoms. The average Bonchev–Trinajstić information content (AvgIpc) is 2.96. The molecule has 0 spiro atoms. The van der Waals surface area contributed by atoms with Gasteiger partial charge < -0.3 is 9.42 Å². The second kappa shape index (κ2) is 6.30. The molecule has 2 aromatic rings. The number of hydrogen-bond acceptors (Lipinski definition) is 3. The molecule has 24 heavy (non-hydrogen) atoms. The molecule has 1 aliphatic heterocycles. The Morgan fingerprint density at radius 3 is 2.42 bits per heavy atom. The molecule has 1 saturated heterocycles. The van der Waals surface area contributed by atoms with E-state index in [2.05, 4.69) is 5.16 Å². The molecule has 4 nitrogen and oxygen atoms in total. The Kier molecular flexibility index (Phi) is 4.34. The van der Waals surface area contributed by atoms with Gasteiger partial charge in [-0.15, -0.1) is 0 Å². The van der Waals surface area contributed by atoms with Crippen LogP contribution in [0.25, 0.3) is 11.3 Å². The van der Waals surface area contributed by atoms with Gasteiger partial charge in [0.1, 0.15) is 5.56 Å². The zero-order chi connectivity index (χ0) is 17.3. The summed E-state index contributed by atoms with van der Waals surface area (Å²) < 4.78 is 43.6. The van der Waals surface area contributed by atoms with Crippen molar-refractivity contribution in [3.05, 3.63) is 41.6 Å². The number of aromatic nitrogens is 1. The Balaban J connectivity index is 1.81. The zero-order valence-electron chi connectivity index (χ0n) is 13.1. The number of hydrogen-bond donors (Lipinski definition) is 0. The van der Waals surface area contributed by atoms with Crippen LogP contribution in [0.1, 0.15) is 28.9 Å². The highest BCUT2D eigenvalue weighted by Gasteiger charge is 2.42. The summed E-state index contributed by atoms with van der Waals surface area (Å²) in [5.41, 5.74) is 1.48. The Hall–Kier alpha value is -2.31. The van der Waals surface area contributed by atoms with Gasteiger partial charge in [-0.2, -0.15) is 13.2 Å². The number of aryl methyl sites for hydroxylation is 1. The predicted molar refractivity (Wildman–Crippen MR) is 81.4 cm³/mol. The number of carbonyl (C=O) groups excluding carboxylic acids is 1. The Bertz CT molecular complexity index is 717. The van der Waals surface area contributed by atoms with Crippen LogP contribution in [0.15, 0.2) is 34.9 Å². The van der Waals surface area contributed by atoms with Gasteiger partial charge in [0, 0.05) is 18.7 Å². The van der Waals surface area contributed by atoms with Crippen LogP contribution in [0.2, 0.25) is 0 Å². The molecule has 0 saturated carbocycles. The molecule has 0 aliphatic carbocycles. The van der Waals surface area contributed by atoms with Gasteiger partial charge in [-0.25, -0.2) is 0 Å². The number of rotatable bonds is 2. The van der Waals surface area contributed by atoms with Gasteiger partial charge in [0.2, 0.25) is 0 Å². The van der Waals surface area contributed by atoms with Crippen LogP contribution >= 0.6 is 0 Å². The SMILES string of the molecule is Cc1noc(-c2ccccc2)c1C(=O)N1CCC(C(F)(F)F)CC1. The molecule has 0 bridgehead atoms. The molecule has 0 atom stereocenters. The quantitative estimate of drug-likeness (QED) is 0.829. The molecule has 3 rings (SSSR count). The van der Waals surface area contributed by atoms with Gasteiger partial charge in [0.05, 0.1) is 11.6 Å². The minimum Gasteiger partial charge on any atom is -0.355 e. The summed E-state index contributed by atoms with van der Waals surface area (Å²) in [6.45, 7) is 1.83. The summed E-state index contributed by atoms with van der Waals surface area (Å²) in [7, 11) is 0. The molecular formula is C17H17F3N2O2. The molecule has 0 N–H and O–H groups in total. The highest BCUT2D eigenvalue weighted by atomic mass is 19.4. The number of benzene rings is 1. The van der Waals surface area contributed by atoms with E-state index in [9.17, 15) is 18.0 Å². The van der Waals surface area contributed by atoms with Crippen LogP contribution in [-0.4, -0.2) is 35.2 Å². The first-order valence-electron chi connectivity index (χ1n) is 7.75. The van der Waals surface area contributed by atoms with Crippen LogP contribution in [0.4, 0.5) is 13.2 Å². The number of likely N-dealkylation sites (tertiary alicyclic amines) is 1. The molecule has 1 aliphatic rings. The van der Waals surface area contributed by atoms with Gasteiger partial charge in [-0.3, -0.25) is 4.79 Å². The lowest BCUT2D eigenvalue weighted by molar-refractivity contribution is -0.183. The average molecular weight is 338 g/mol. The number of carbonyl (C=O) groups is 1. The van der Waals surface area contributed by atoms with E-state index in [4.69, 9.17) is 4.52 Å². The van der Waals surface area contributed by atoms with E-state index in [1.54, 1.807) is 19.1 Å². The van der Waals surface area contributed by atoms with Crippen LogP contribution in [0.5, 0.6) is 0 Å². The van der Waals surface area contributed by atoms with Gasteiger partial charge in [-0.1, -0.05) is 35.5 Å². The first-order valence-corrected chi connectivity index (χ1v) is 7.75. The maximum Gasteiger partial charge on any atom is 0.391 e. The van der Waals surface area contributed by atoms with E-state index >= 15 is 0 Å². The molecule has 1 aromatic carbocycles. The summed E-state index contributed by atoms with van der Waals surface area (Å²) in [5.74, 6) is -1.30. The third kappa shape index (κ3) is 3.16. The summed E-state index contributed by atoms with van der Waals surface area (Å²) in [6.07, 6.45) is -4.34. The lowest BCUT2D eigenvalue weighted by Crippen LogP contribution is -2.42. The largest absolute Gasteiger partial charge is 0.391 e. The molecule has 0 radical (unpaired) electrons. The zero-order valence-corrected chi connectivity index (χ0v) is 13.1. The van der Waals surface area contributed by atoms with Gasteiger partial charge in [-0.05, 0) is 19.8 Å². The van der Waals surface area contributed by atoms with Gasteiger partial charge in [0.25, 0.3) is 5.91 Å². The highest BCUT2D eigenvalue weighted by molar-refractivity contribution is 6.00. The molecule has 0 unspecified atom stereocenters. The molecule has 1 amide bonds. The lowest BCUT2D eigenvalue weighted by atomic mass is 9.95. The Labute approximate surface area is 137 Å². The van der Waals surface area contributed by atoms with Crippen molar-refractivity contribution < 1.29 is 22.5 Å². The van der Waals surface area contributed by atoms with Gasteiger partial charge in [0.15, 0.2) is 5.76 Å². The number of amides is 1. The van der Waals surface area contributed by atoms with Gasteiger partial charge >= 0.3 is 6.18 Å². The molecule has 128 valence electrons. The monoisotopic (exact) mass is 338 g/mol. The standard InChI is InChI=1S/C17H17F3N2O2/c1-11-14(15(24-21-11)12-5-3-2-4-6-12)16(23)22-9-7-13(8-10-22)17(18,19)20/h2-6,13H,7-10H2,1H3. The second-order valence-corrected chi connectivity index (χ2v) is 5.95. The van der Waals surface area contributed by atoms with Crippen molar-refractivity contribution in [2.24, 2.45) is 5.92 Å². The third-order valence-electron chi connectivity index (χ3n) is 4.36. The Morgan fingerprint density at radius 1 is 1.21 bits per heavy atom. The van der Waals surface area contributed by atoms with Crippen LogP contribution in [-0.2, 0) is 0 Å². The smallest absolute Gasteiger partial charge is 0.355 e. The fraction of sp³-hybridized carbons (Fsp3) is 0.412. The first-order chi connectivity index (χ1) is 11.4. The van der Waals surface area contributed by atoms with E-state index in [0.29, 0.717) is 22.6 Å². The summed E-state index contributed by atoms with van der Waals surface area (Å²) in [5, 5.41) is 3.86. The normalized spacial score (nSPS) is 16.4. The summed E-state index contributed by atoms with van der Waals surface area (Å²) in [6, 6.07) is 9.07. The van der Waals surface area contributed by atoms with Crippen LogP contribution < -0.4 is 0 Å². The van der Waals surface area contributed by atoms with Crippen LogP contribution in [0, 0.1) is 12.8 Å². The fourth-order valence-corrected chi connectivity index (χ4v) is 2.98. The molecule has 2 heterocycles. The maximum absolute atomic E-state index is 12.8. The minimum atomic E-state index is -4.20. The van der Waals surface area contributed by atoms with Crippen molar-refractivity contribution >= 4 is 5.91 Å². The topological polar surface area (TPSA) is 46.3 Å². The van der Waals surface area contributed by atoms with Crippen molar-refractivity contribution in [3.8, 4) is 11.3 Å². The van der Waals surface area contributed by atoms with Crippen molar-refractivity contribution in [1.82, 2.24) is 10.1 Å². The molecular weight excluding hydrogens is 321 g/mol. The fourth-order valence-electron chi connectivity index (χ4n) is 2.98. The number of halogens is 3. The second-order valence-electron chi connectivity index (χ2n) is 5.95. The van der Waals surface area contributed by atoms with E-state index in [1.807, 2.05) is 18.2 Å².